The van der Waals surface area contributed by atoms with Gasteiger partial charge in [-0.3, -0.25) is 0 Å². The number of aromatic nitrogens is 2. The van der Waals surface area contributed by atoms with Crippen molar-refractivity contribution in [2.75, 3.05) is 11.4 Å². The molecule has 2 aromatic rings. The molecule has 3 rings (SSSR count). The Morgan fingerprint density at radius 2 is 1.84 bits per heavy atom. The Kier molecular flexibility index (Phi) is 3.15. The third kappa shape index (κ3) is 2.30. The van der Waals surface area contributed by atoms with E-state index in [1.165, 1.54) is 11.1 Å². The Balaban J connectivity index is 1.93. The van der Waals surface area contributed by atoms with Crippen LogP contribution in [0.15, 0.2) is 24.3 Å². The Hall–Kier alpha value is -1.61. The van der Waals surface area contributed by atoms with Crippen LogP contribution < -0.4 is 4.90 Å². The number of halogens is 1. The number of fused-ring (bicyclic) bond motifs is 1. The Morgan fingerprint density at radius 1 is 1.11 bits per heavy atom. The molecule has 19 heavy (non-hydrogen) atoms. The van der Waals surface area contributed by atoms with Crippen molar-refractivity contribution in [3.8, 4) is 0 Å². The molecule has 0 spiro atoms. The standard InChI is InChI=1S/C15H16ClN3/c1-10-11(2)17-15(18-14(10)16)19-8-7-12-5-3-4-6-13(12)9-19/h3-6H,7-9H2,1-2H3. The number of rotatable bonds is 1. The van der Waals surface area contributed by atoms with Crippen LogP contribution in [0.5, 0.6) is 0 Å². The van der Waals surface area contributed by atoms with Crippen molar-refractivity contribution in [2.45, 2.75) is 26.8 Å². The van der Waals surface area contributed by atoms with Crippen LogP contribution in [0.1, 0.15) is 22.4 Å². The Labute approximate surface area is 118 Å². The van der Waals surface area contributed by atoms with E-state index in [4.69, 9.17) is 11.6 Å². The van der Waals surface area contributed by atoms with Gasteiger partial charge in [0.15, 0.2) is 0 Å². The van der Waals surface area contributed by atoms with Crippen LogP contribution in [0.25, 0.3) is 0 Å². The van der Waals surface area contributed by atoms with Gasteiger partial charge in [-0.2, -0.15) is 0 Å². The predicted octanol–water partition coefficient (Wildman–Crippen LogP) is 3.31. The van der Waals surface area contributed by atoms with Crippen LogP contribution in [-0.2, 0) is 13.0 Å². The number of benzene rings is 1. The van der Waals surface area contributed by atoms with Crippen LogP contribution in [0, 0.1) is 13.8 Å². The summed E-state index contributed by atoms with van der Waals surface area (Å²) in [5, 5.41) is 0.557. The molecular weight excluding hydrogens is 258 g/mol. The minimum atomic E-state index is 0.557. The van der Waals surface area contributed by atoms with Crippen molar-refractivity contribution < 1.29 is 0 Å². The molecule has 0 unspecified atom stereocenters. The zero-order chi connectivity index (χ0) is 13.4. The average Bonchev–Trinajstić information content (AvgIpc) is 2.43. The highest BCUT2D eigenvalue weighted by Gasteiger charge is 2.19. The molecule has 0 fully saturated rings. The monoisotopic (exact) mass is 273 g/mol. The van der Waals surface area contributed by atoms with E-state index in [2.05, 4.69) is 39.1 Å². The van der Waals surface area contributed by atoms with E-state index in [0.717, 1.165) is 36.7 Å². The van der Waals surface area contributed by atoms with Gasteiger partial charge < -0.3 is 4.90 Å². The van der Waals surface area contributed by atoms with Crippen molar-refractivity contribution in [3.05, 3.63) is 51.8 Å². The molecule has 0 bridgehead atoms. The SMILES string of the molecule is Cc1nc(N2CCc3ccccc3C2)nc(Cl)c1C. The quantitative estimate of drug-likeness (QED) is 0.747. The number of hydrogen-bond donors (Lipinski definition) is 0. The summed E-state index contributed by atoms with van der Waals surface area (Å²) in [5.41, 5.74) is 4.69. The average molecular weight is 274 g/mol. The maximum absolute atomic E-state index is 6.16. The molecule has 0 saturated heterocycles. The molecule has 0 aliphatic carbocycles. The molecule has 2 heterocycles. The van der Waals surface area contributed by atoms with Gasteiger partial charge in [-0.05, 0) is 31.4 Å². The lowest BCUT2D eigenvalue weighted by atomic mass is 10.0. The number of hydrogen-bond acceptors (Lipinski definition) is 3. The van der Waals surface area contributed by atoms with E-state index >= 15 is 0 Å². The summed E-state index contributed by atoms with van der Waals surface area (Å²) in [5.74, 6) is 0.739. The molecule has 1 aliphatic heterocycles. The van der Waals surface area contributed by atoms with Gasteiger partial charge in [-0.15, -0.1) is 0 Å². The van der Waals surface area contributed by atoms with Crippen molar-refractivity contribution >= 4 is 17.5 Å². The van der Waals surface area contributed by atoms with Crippen molar-refractivity contribution in [3.63, 3.8) is 0 Å². The van der Waals surface area contributed by atoms with Gasteiger partial charge in [-0.25, -0.2) is 9.97 Å². The van der Waals surface area contributed by atoms with E-state index in [-0.39, 0.29) is 0 Å². The van der Waals surface area contributed by atoms with Crippen molar-refractivity contribution in [2.24, 2.45) is 0 Å². The van der Waals surface area contributed by atoms with E-state index in [1.807, 2.05) is 13.8 Å². The minimum Gasteiger partial charge on any atom is -0.336 e. The van der Waals surface area contributed by atoms with Crippen LogP contribution in [-0.4, -0.2) is 16.5 Å². The van der Waals surface area contributed by atoms with E-state index in [1.54, 1.807) is 0 Å². The first-order chi connectivity index (χ1) is 9.15. The van der Waals surface area contributed by atoms with Crippen molar-refractivity contribution in [1.29, 1.82) is 0 Å². The van der Waals surface area contributed by atoms with Gasteiger partial charge in [0, 0.05) is 24.3 Å². The van der Waals surface area contributed by atoms with Crippen LogP contribution in [0.4, 0.5) is 5.95 Å². The second-order valence-corrected chi connectivity index (χ2v) is 5.32. The summed E-state index contributed by atoms with van der Waals surface area (Å²) in [4.78, 5) is 11.2. The summed E-state index contributed by atoms with van der Waals surface area (Å²) in [6.07, 6.45) is 1.03. The summed E-state index contributed by atoms with van der Waals surface area (Å²) < 4.78 is 0. The number of nitrogens with zero attached hydrogens (tertiary/aromatic N) is 3. The highest BCUT2D eigenvalue weighted by molar-refractivity contribution is 6.30. The molecule has 0 amide bonds. The highest BCUT2D eigenvalue weighted by Crippen LogP contribution is 2.24. The molecule has 0 atom stereocenters. The third-order valence-electron chi connectivity index (χ3n) is 3.73. The summed E-state index contributed by atoms with van der Waals surface area (Å²) in [6.45, 7) is 5.72. The molecule has 98 valence electrons. The zero-order valence-electron chi connectivity index (χ0n) is 11.2. The van der Waals surface area contributed by atoms with Gasteiger partial charge in [0.05, 0.1) is 0 Å². The maximum Gasteiger partial charge on any atom is 0.227 e. The Morgan fingerprint density at radius 3 is 2.58 bits per heavy atom. The summed E-state index contributed by atoms with van der Waals surface area (Å²) in [6, 6.07) is 8.54. The molecule has 0 saturated carbocycles. The van der Waals surface area contributed by atoms with E-state index < -0.39 is 0 Å². The van der Waals surface area contributed by atoms with Gasteiger partial charge in [0.2, 0.25) is 5.95 Å². The van der Waals surface area contributed by atoms with Crippen LogP contribution in [0.2, 0.25) is 5.15 Å². The van der Waals surface area contributed by atoms with Gasteiger partial charge in [0.25, 0.3) is 0 Å². The van der Waals surface area contributed by atoms with Crippen LogP contribution in [0.3, 0.4) is 0 Å². The second kappa shape index (κ2) is 4.82. The van der Waals surface area contributed by atoms with Gasteiger partial charge >= 0.3 is 0 Å². The molecular formula is C15H16ClN3. The Bertz CT molecular complexity index is 602. The second-order valence-electron chi connectivity index (χ2n) is 4.97. The molecule has 1 aromatic carbocycles. The topological polar surface area (TPSA) is 29.0 Å². The van der Waals surface area contributed by atoms with Crippen LogP contribution >= 0.6 is 11.6 Å². The number of anilines is 1. The van der Waals surface area contributed by atoms with Gasteiger partial charge in [0.1, 0.15) is 5.15 Å². The van der Waals surface area contributed by atoms with E-state index in [0.29, 0.717) is 5.15 Å². The molecule has 1 aliphatic rings. The normalized spacial score (nSPS) is 14.4. The fourth-order valence-corrected chi connectivity index (χ4v) is 2.60. The molecule has 3 nitrogen and oxygen atoms in total. The first-order valence-corrected chi connectivity index (χ1v) is 6.85. The largest absolute Gasteiger partial charge is 0.336 e. The molecule has 1 aromatic heterocycles. The first-order valence-electron chi connectivity index (χ1n) is 6.47. The highest BCUT2D eigenvalue weighted by atomic mass is 35.5. The minimum absolute atomic E-state index is 0.557. The van der Waals surface area contributed by atoms with E-state index in [9.17, 15) is 0 Å². The molecule has 0 N–H and O–H groups in total. The first kappa shape index (κ1) is 12.4. The molecule has 0 radical (unpaired) electrons. The summed E-state index contributed by atoms with van der Waals surface area (Å²) in [7, 11) is 0. The van der Waals surface area contributed by atoms with Crippen molar-refractivity contribution in [1.82, 2.24) is 9.97 Å². The van der Waals surface area contributed by atoms with Gasteiger partial charge in [-0.1, -0.05) is 35.9 Å². The zero-order valence-corrected chi connectivity index (χ0v) is 11.9. The summed E-state index contributed by atoms with van der Waals surface area (Å²) >= 11 is 6.16. The lowest BCUT2D eigenvalue weighted by molar-refractivity contribution is 0.705. The smallest absolute Gasteiger partial charge is 0.227 e. The lowest BCUT2D eigenvalue weighted by Crippen LogP contribution is -2.32. The maximum atomic E-state index is 6.16. The lowest BCUT2D eigenvalue weighted by Gasteiger charge is -2.29. The number of aryl methyl sites for hydroxylation is 1. The predicted molar refractivity (Wildman–Crippen MR) is 77.7 cm³/mol. The fraction of sp³-hybridized carbons (Fsp3) is 0.333. The third-order valence-corrected chi connectivity index (χ3v) is 4.10. The fourth-order valence-electron chi connectivity index (χ4n) is 2.39. The molecule has 4 heteroatoms.